The number of carboxylic acids is 1. The predicted molar refractivity (Wildman–Crippen MR) is 65.4 cm³/mol. The molecule has 4 N–H and O–H groups in total. The number of aliphatic carboxylic acids is 1. The summed E-state index contributed by atoms with van der Waals surface area (Å²) < 4.78 is 5.16. The molecule has 0 aromatic rings. The molecular formula is C11H19N3O5. The van der Waals surface area contributed by atoms with Crippen molar-refractivity contribution in [2.24, 2.45) is 5.73 Å². The molecule has 1 fully saturated rings. The van der Waals surface area contributed by atoms with Gasteiger partial charge in [-0.1, -0.05) is 0 Å². The molecule has 0 spiro atoms. The minimum absolute atomic E-state index is 0.0224. The number of carbonyl (C=O) groups excluding carboxylic acids is 2. The largest absolute Gasteiger partial charge is 0.480 e. The van der Waals surface area contributed by atoms with Crippen molar-refractivity contribution in [3.63, 3.8) is 0 Å². The van der Waals surface area contributed by atoms with E-state index in [4.69, 9.17) is 15.6 Å². The molecular weight excluding hydrogens is 254 g/mol. The number of ether oxygens (including phenoxy) is 1. The van der Waals surface area contributed by atoms with E-state index in [0.29, 0.717) is 13.2 Å². The first-order valence-corrected chi connectivity index (χ1v) is 6.04. The number of carbonyl (C=O) groups is 3. The van der Waals surface area contributed by atoms with Gasteiger partial charge < -0.3 is 25.8 Å². The second-order valence-electron chi connectivity index (χ2n) is 4.47. The standard InChI is InChI=1S/C11H19N3O5/c1-14(7-4-5-19-6-7)11(18)13-8(10(16)17)2-3-9(12)15/h7-8H,2-6H2,1H3,(H2,12,15)(H,13,18)(H,16,17). The topological polar surface area (TPSA) is 122 Å². The van der Waals surface area contributed by atoms with E-state index >= 15 is 0 Å². The lowest BCUT2D eigenvalue weighted by Gasteiger charge is -2.25. The molecule has 108 valence electrons. The van der Waals surface area contributed by atoms with Crippen molar-refractivity contribution in [2.75, 3.05) is 20.3 Å². The smallest absolute Gasteiger partial charge is 0.326 e. The van der Waals surface area contributed by atoms with E-state index in [0.717, 1.165) is 6.42 Å². The highest BCUT2D eigenvalue weighted by Crippen LogP contribution is 2.11. The van der Waals surface area contributed by atoms with Crippen LogP contribution in [0.15, 0.2) is 0 Å². The molecule has 1 rings (SSSR count). The number of carboxylic acid groups (broad SMARTS) is 1. The molecule has 0 saturated carbocycles. The van der Waals surface area contributed by atoms with E-state index in [1.807, 2.05) is 0 Å². The summed E-state index contributed by atoms with van der Waals surface area (Å²) in [6, 6.07) is -1.66. The quantitative estimate of drug-likeness (QED) is 0.581. The minimum atomic E-state index is -1.19. The fourth-order valence-corrected chi connectivity index (χ4v) is 1.79. The summed E-state index contributed by atoms with van der Waals surface area (Å²) in [5, 5.41) is 11.3. The van der Waals surface area contributed by atoms with Crippen molar-refractivity contribution in [1.82, 2.24) is 10.2 Å². The number of likely N-dealkylation sites (N-methyl/N-ethyl adjacent to an activating group) is 1. The van der Waals surface area contributed by atoms with E-state index in [-0.39, 0.29) is 18.9 Å². The molecule has 0 aromatic carbocycles. The molecule has 0 bridgehead atoms. The summed E-state index contributed by atoms with van der Waals surface area (Å²) in [6.45, 7) is 1.04. The number of urea groups is 1. The Bertz CT molecular complexity index is 354. The van der Waals surface area contributed by atoms with E-state index in [1.165, 1.54) is 4.90 Å². The van der Waals surface area contributed by atoms with Gasteiger partial charge in [0.05, 0.1) is 12.6 Å². The molecule has 19 heavy (non-hydrogen) atoms. The molecule has 1 heterocycles. The first-order chi connectivity index (χ1) is 8.91. The van der Waals surface area contributed by atoms with Gasteiger partial charge in [-0.25, -0.2) is 9.59 Å². The van der Waals surface area contributed by atoms with Crippen LogP contribution in [0.1, 0.15) is 19.3 Å². The zero-order valence-corrected chi connectivity index (χ0v) is 10.8. The van der Waals surface area contributed by atoms with Gasteiger partial charge in [-0.05, 0) is 12.8 Å². The van der Waals surface area contributed by atoms with Gasteiger partial charge in [-0.3, -0.25) is 4.79 Å². The van der Waals surface area contributed by atoms with Crippen LogP contribution in [0.25, 0.3) is 0 Å². The average Bonchev–Trinajstić information content (AvgIpc) is 2.86. The zero-order chi connectivity index (χ0) is 14.4. The van der Waals surface area contributed by atoms with Crippen molar-refractivity contribution < 1.29 is 24.2 Å². The number of rotatable bonds is 6. The molecule has 0 aromatic heterocycles. The minimum Gasteiger partial charge on any atom is -0.480 e. The third-order valence-electron chi connectivity index (χ3n) is 3.05. The Morgan fingerprint density at radius 1 is 1.53 bits per heavy atom. The van der Waals surface area contributed by atoms with E-state index < -0.39 is 23.9 Å². The summed E-state index contributed by atoms with van der Waals surface area (Å²) >= 11 is 0. The van der Waals surface area contributed by atoms with Crippen molar-refractivity contribution in [3.8, 4) is 0 Å². The molecule has 2 atom stereocenters. The lowest BCUT2D eigenvalue weighted by atomic mass is 10.1. The normalized spacial score (nSPS) is 19.7. The summed E-state index contributed by atoms with van der Waals surface area (Å²) in [5.74, 6) is -1.79. The number of nitrogens with zero attached hydrogens (tertiary/aromatic N) is 1. The highest BCUT2D eigenvalue weighted by atomic mass is 16.5. The van der Waals surface area contributed by atoms with Crippen LogP contribution < -0.4 is 11.1 Å². The Morgan fingerprint density at radius 3 is 2.68 bits per heavy atom. The fraction of sp³-hybridized carbons (Fsp3) is 0.727. The predicted octanol–water partition coefficient (Wildman–Crippen LogP) is -0.865. The molecule has 0 radical (unpaired) electrons. The lowest BCUT2D eigenvalue weighted by Crippen LogP contribution is -2.50. The van der Waals surface area contributed by atoms with Crippen molar-refractivity contribution in [1.29, 1.82) is 0 Å². The summed E-state index contributed by atoms with van der Waals surface area (Å²) in [4.78, 5) is 34.9. The van der Waals surface area contributed by atoms with Gasteiger partial charge in [0.2, 0.25) is 5.91 Å². The number of primary amides is 1. The number of hydrogen-bond donors (Lipinski definition) is 3. The molecule has 3 amide bonds. The van der Waals surface area contributed by atoms with Gasteiger partial charge in [0.15, 0.2) is 0 Å². The van der Waals surface area contributed by atoms with Crippen LogP contribution in [0, 0.1) is 0 Å². The maximum Gasteiger partial charge on any atom is 0.326 e. The maximum absolute atomic E-state index is 11.9. The van der Waals surface area contributed by atoms with Crippen LogP contribution in [0.5, 0.6) is 0 Å². The summed E-state index contributed by atoms with van der Waals surface area (Å²) in [6.07, 6.45) is 0.613. The highest BCUT2D eigenvalue weighted by Gasteiger charge is 2.27. The van der Waals surface area contributed by atoms with Gasteiger partial charge in [0.25, 0.3) is 0 Å². The highest BCUT2D eigenvalue weighted by molar-refractivity contribution is 5.83. The van der Waals surface area contributed by atoms with Crippen molar-refractivity contribution in [3.05, 3.63) is 0 Å². The van der Waals surface area contributed by atoms with Gasteiger partial charge >= 0.3 is 12.0 Å². The van der Waals surface area contributed by atoms with Crippen LogP contribution in [-0.4, -0.2) is 60.3 Å². The number of nitrogens with two attached hydrogens (primary N) is 1. The molecule has 2 unspecified atom stereocenters. The Labute approximate surface area is 110 Å². The molecule has 1 aliphatic heterocycles. The molecule has 1 aliphatic rings. The number of hydrogen-bond acceptors (Lipinski definition) is 4. The van der Waals surface area contributed by atoms with Gasteiger partial charge in [0.1, 0.15) is 6.04 Å². The average molecular weight is 273 g/mol. The van der Waals surface area contributed by atoms with Crippen LogP contribution >= 0.6 is 0 Å². The second-order valence-corrected chi connectivity index (χ2v) is 4.47. The van der Waals surface area contributed by atoms with Crippen LogP contribution in [-0.2, 0) is 14.3 Å². The van der Waals surface area contributed by atoms with Gasteiger partial charge in [0, 0.05) is 20.1 Å². The Hall–Kier alpha value is -1.83. The van der Waals surface area contributed by atoms with E-state index in [2.05, 4.69) is 5.32 Å². The zero-order valence-electron chi connectivity index (χ0n) is 10.8. The molecule has 1 saturated heterocycles. The van der Waals surface area contributed by atoms with E-state index in [1.54, 1.807) is 7.05 Å². The lowest BCUT2D eigenvalue weighted by molar-refractivity contribution is -0.139. The Morgan fingerprint density at radius 2 is 2.21 bits per heavy atom. The first-order valence-electron chi connectivity index (χ1n) is 6.04. The number of nitrogens with one attached hydrogen (secondary N) is 1. The Kier molecular flexibility index (Phi) is 5.56. The fourth-order valence-electron chi connectivity index (χ4n) is 1.79. The van der Waals surface area contributed by atoms with Gasteiger partial charge in [-0.15, -0.1) is 0 Å². The molecule has 0 aliphatic carbocycles. The summed E-state index contributed by atoms with van der Waals surface area (Å²) in [5.41, 5.74) is 4.96. The molecule has 8 nitrogen and oxygen atoms in total. The second kappa shape index (κ2) is 6.93. The Balaban J connectivity index is 2.50. The monoisotopic (exact) mass is 273 g/mol. The third-order valence-corrected chi connectivity index (χ3v) is 3.05. The van der Waals surface area contributed by atoms with Crippen LogP contribution in [0.4, 0.5) is 4.79 Å². The van der Waals surface area contributed by atoms with E-state index in [9.17, 15) is 14.4 Å². The first kappa shape index (κ1) is 15.2. The number of amides is 3. The van der Waals surface area contributed by atoms with Crippen LogP contribution in [0.2, 0.25) is 0 Å². The molecule has 8 heteroatoms. The van der Waals surface area contributed by atoms with Crippen molar-refractivity contribution in [2.45, 2.75) is 31.3 Å². The third kappa shape index (κ3) is 4.74. The SMILES string of the molecule is CN(C(=O)NC(CCC(N)=O)C(=O)O)C1CCOC1. The van der Waals surface area contributed by atoms with Crippen LogP contribution in [0.3, 0.4) is 0 Å². The summed E-state index contributed by atoms with van der Waals surface area (Å²) in [7, 11) is 1.58. The maximum atomic E-state index is 11.9. The van der Waals surface area contributed by atoms with Gasteiger partial charge in [-0.2, -0.15) is 0 Å². The van der Waals surface area contributed by atoms with Crippen molar-refractivity contribution >= 4 is 17.9 Å².